The Labute approximate surface area is 304 Å². The zero-order chi connectivity index (χ0) is 39.2. The molecule has 0 atom stereocenters. The molecule has 0 saturated carbocycles. The molecule has 51 heavy (non-hydrogen) atoms. The molecule has 0 bridgehead atoms. The van der Waals surface area contributed by atoms with E-state index in [0.717, 1.165) is 32.4 Å². The number of hydrogen-bond donors (Lipinski definition) is 0. The molecular weight excluding hydrogens is 643 g/mol. The molecule has 0 saturated heterocycles. The maximum absolute atomic E-state index is 8.99. The van der Waals surface area contributed by atoms with Crippen LogP contribution in [0.1, 0.15) is 33.1 Å². The molecule has 0 N–H and O–H groups in total. The van der Waals surface area contributed by atoms with Crippen LogP contribution in [-0.2, 0) is 5.41 Å². The van der Waals surface area contributed by atoms with E-state index in [4.69, 9.17) is 27.9 Å². The van der Waals surface area contributed by atoms with E-state index >= 15 is 0 Å². The number of nitrogens with zero attached hydrogens (tertiary/aromatic N) is 5. The second-order valence-electron chi connectivity index (χ2n) is 12.8. The third kappa shape index (κ3) is 4.19. The molecule has 0 spiro atoms. The number of imidazole rings is 2. The summed E-state index contributed by atoms with van der Waals surface area (Å²) in [5.41, 5.74) is 1.38. The minimum Gasteiger partial charge on any atom is -0.457 e. The first-order valence-corrected chi connectivity index (χ1v) is 18.8. The third-order valence-corrected chi connectivity index (χ3v) is 14.7. The smallest absolute Gasteiger partial charge is 0.236 e. The molecule has 1 aliphatic rings. The SMILES string of the molecule is [2H]C([2H])([2H])C1(C([2H])([2H])[2H])c2ccccc2Oc2c1cccc2[Si](c1ccccc1)(c1ccccc1)c1ccnc(-n2c3ccccc3n3c4ccccc4nc23)n1. The summed E-state index contributed by atoms with van der Waals surface area (Å²) >= 11 is 0. The Kier molecular flexibility index (Phi) is 5.21. The van der Waals surface area contributed by atoms with Crippen LogP contribution in [0.15, 0.2) is 164 Å². The Balaban J connectivity index is 1.34. The topological polar surface area (TPSA) is 57.2 Å². The average molecular weight is 682 g/mol. The summed E-state index contributed by atoms with van der Waals surface area (Å²) in [6.07, 6.45) is 1.75. The number of ether oxygens (including phenoxy) is 1. The lowest BCUT2D eigenvalue weighted by Crippen LogP contribution is -2.75. The molecule has 6 nitrogen and oxygen atoms in total. The first-order chi connectivity index (χ1) is 27.6. The Morgan fingerprint density at radius 2 is 1.25 bits per heavy atom. The van der Waals surface area contributed by atoms with Crippen molar-refractivity contribution in [2.45, 2.75) is 19.1 Å². The number of hydrogen-bond acceptors (Lipinski definition) is 4. The zero-order valence-electron chi connectivity index (χ0n) is 33.2. The maximum Gasteiger partial charge on any atom is 0.236 e. The highest BCUT2D eigenvalue weighted by molar-refractivity contribution is 7.19. The van der Waals surface area contributed by atoms with Gasteiger partial charge in [0.25, 0.3) is 0 Å². The van der Waals surface area contributed by atoms with Gasteiger partial charge in [0.15, 0.2) is 0 Å². The molecule has 7 heteroatoms. The summed E-state index contributed by atoms with van der Waals surface area (Å²) in [5.74, 6) is 1.44. The van der Waals surface area contributed by atoms with Crippen LogP contribution < -0.4 is 25.6 Å². The van der Waals surface area contributed by atoms with E-state index in [1.54, 1.807) is 42.6 Å². The van der Waals surface area contributed by atoms with Gasteiger partial charge >= 0.3 is 0 Å². The molecule has 0 fully saturated rings. The van der Waals surface area contributed by atoms with Crippen LogP contribution >= 0.6 is 0 Å². The van der Waals surface area contributed by atoms with Gasteiger partial charge in [-0.1, -0.05) is 135 Å². The molecular formula is C44H33N5OSi. The summed E-state index contributed by atoms with van der Waals surface area (Å²) in [7, 11) is -3.68. The second-order valence-corrected chi connectivity index (χ2v) is 16.5. The summed E-state index contributed by atoms with van der Waals surface area (Å²) in [6, 6.07) is 49.9. The molecule has 0 unspecified atom stereocenters. The molecule has 4 heterocycles. The molecule has 0 aliphatic carbocycles. The molecule has 6 aromatic carbocycles. The van der Waals surface area contributed by atoms with Crippen molar-refractivity contribution in [3.05, 3.63) is 175 Å². The normalized spacial score (nSPS) is 15.8. The van der Waals surface area contributed by atoms with E-state index in [1.165, 1.54) is 0 Å². The maximum atomic E-state index is 8.99. The third-order valence-electron chi connectivity index (χ3n) is 10.1. The predicted molar refractivity (Wildman–Crippen MR) is 207 cm³/mol. The van der Waals surface area contributed by atoms with Crippen molar-refractivity contribution in [2.75, 3.05) is 0 Å². The van der Waals surface area contributed by atoms with Crippen molar-refractivity contribution in [3.8, 4) is 17.4 Å². The van der Waals surface area contributed by atoms with Crippen molar-refractivity contribution in [1.82, 2.24) is 23.9 Å². The molecule has 0 radical (unpaired) electrons. The molecule has 9 aromatic rings. The van der Waals surface area contributed by atoms with Crippen molar-refractivity contribution in [3.63, 3.8) is 0 Å². The van der Waals surface area contributed by atoms with Crippen LogP contribution in [0, 0.1) is 0 Å². The molecule has 0 amide bonds. The van der Waals surface area contributed by atoms with Crippen LogP contribution in [0.2, 0.25) is 0 Å². The Morgan fingerprint density at radius 3 is 2.02 bits per heavy atom. The Bertz CT molecular complexity index is 2940. The number of fused-ring (bicyclic) bond motifs is 7. The Morgan fingerprint density at radius 1 is 0.608 bits per heavy atom. The van der Waals surface area contributed by atoms with Crippen LogP contribution in [0.4, 0.5) is 0 Å². The van der Waals surface area contributed by atoms with Gasteiger partial charge in [0.05, 0.1) is 22.1 Å². The zero-order valence-corrected chi connectivity index (χ0v) is 28.2. The highest BCUT2D eigenvalue weighted by Gasteiger charge is 2.48. The monoisotopic (exact) mass is 681 g/mol. The predicted octanol–water partition coefficient (Wildman–Crippen LogP) is 7.03. The molecule has 10 rings (SSSR count). The number of para-hydroxylation sites is 6. The molecule has 3 aromatic heterocycles. The fourth-order valence-corrected chi connectivity index (χ4v) is 12.5. The van der Waals surface area contributed by atoms with E-state index < -0.39 is 27.2 Å². The molecule has 1 aliphatic heterocycles. The van der Waals surface area contributed by atoms with E-state index in [0.29, 0.717) is 22.2 Å². The summed E-state index contributed by atoms with van der Waals surface area (Å²) in [5, 5.41) is 3.20. The lowest BCUT2D eigenvalue weighted by Gasteiger charge is -2.40. The first-order valence-electron chi connectivity index (χ1n) is 19.8. The van der Waals surface area contributed by atoms with Crippen LogP contribution in [0.5, 0.6) is 11.5 Å². The minimum absolute atomic E-state index is 0.0823. The highest BCUT2D eigenvalue weighted by Crippen LogP contribution is 2.47. The number of benzene rings is 6. The largest absolute Gasteiger partial charge is 0.457 e. The lowest BCUT2D eigenvalue weighted by atomic mass is 9.76. The van der Waals surface area contributed by atoms with Crippen LogP contribution in [0.25, 0.3) is 33.8 Å². The van der Waals surface area contributed by atoms with E-state index in [-0.39, 0.29) is 22.6 Å². The van der Waals surface area contributed by atoms with E-state index in [1.807, 2.05) is 95.6 Å². The van der Waals surface area contributed by atoms with Crippen LogP contribution in [0.3, 0.4) is 0 Å². The van der Waals surface area contributed by atoms with Crippen LogP contribution in [-0.4, -0.2) is 32.0 Å². The summed E-state index contributed by atoms with van der Waals surface area (Å²) in [4.78, 5) is 15.5. The number of aromatic nitrogens is 5. The van der Waals surface area contributed by atoms with E-state index in [9.17, 15) is 0 Å². The van der Waals surface area contributed by atoms with Gasteiger partial charge < -0.3 is 4.74 Å². The van der Waals surface area contributed by atoms with Crippen molar-refractivity contribution in [1.29, 1.82) is 0 Å². The second kappa shape index (κ2) is 11.1. The van der Waals surface area contributed by atoms with Gasteiger partial charge in [-0.05, 0) is 52.0 Å². The minimum atomic E-state index is -3.68. The van der Waals surface area contributed by atoms with Gasteiger partial charge in [0.1, 0.15) is 11.5 Å². The lowest BCUT2D eigenvalue weighted by molar-refractivity contribution is 0.421. The van der Waals surface area contributed by atoms with Gasteiger partial charge in [0.2, 0.25) is 19.8 Å². The fourth-order valence-electron chi connectivity index (χ4n) is 7.86. The van der Waals surface area contributed by atoms with Gasteiger partial charge in [-0.25, -0.2) is 19.5 Å². The summed E-state index contributed by atoms with van der Waals surface area (Å²) in [6.45, 7) is -5.99. The quantitative estimate of drug-likeness (QED) is 0.145. The standard InChI is InChI=1S/C44H33N5OSi/c1-44(2)32-20-9-14-26-38(32)50-41-33(44)21-15-27-39(41)51(30-16-5-3-6-17-30,31-18-7-4-8-19-31)40-28-29-45-42(47-40)49-37-25-13-12-24-36(37)48-35-23-11-10-22-34(35)46-43(48)49/h3-29H,1-2H3/i1D3,2D3. The van der Waals surface area contributed by atoms with Gasteiger partial charge in [-0.15, -0.1) is 0 Å². The van der Waals surface area contributed by atoms with Crippen molar-refractivity contribution < 1.29 is 13.0 Å². The summed E-state index contributed by atoms with van der Waals surface area (Å²) < 4.78 is 64.9. The van der Waals surface area contributed by atoms with Gasteiger partial charge in [-0.3, -0.25) is 4.40 Å². The molecule has 244 valence electrons. The van der Waals surface area contributed by atoms with Crippen molar-refractivity contribution in [2.24, 2.45) is 0 Å². The number of rotatable bonds is 5. The van der Waals surface area contributed by atoms with Gasteiger partial charge in [-0.2, -0.15) is 0 Å². The average Bonchev–Trinajstić information content (AvgIpc) is 3.75. The van der Waals surface area contributed by atoms with Gasteiger partial charge in [0, 0.05) is 36.3 Å². The fraction of sp³-hybridized carbons (Fsp3) is 0.0682. The Hall–Kier alpha value is -6.31. The first kappa shape index (κ1) is 23.9. The highest BCUT2D eigenvalue weighted by atomic mass is 28.3. The van der Waals surface area contributed by atoms with E-state index in [2.05, 4.69) is 34.7 Å². The van der Waals surface area contributed by atoms with Crippen molar-refractivity contribution >= 4 is 56.8 Å².